The van der Waals surface area contributed by atoms with E-state index < -0.39 is 16.1 Å². The lowest BCUT2D eigenvalue weighted by Crippen LogP contribution is -2.48. The summed E-state index contributed by atoms with van der Waals surface area (Å²) in [6.45, 7) is 0.470. The van der Waals surface area contributed by atoms with Gasteiger partial charge in [0.2, 0.25) is 15.9 Å². The topological polar surface area (TPSA) is 84.5 Å². The Bertz CT molecular complexity index is 1050. The smallest absolute Gasteiger partial charge is 0.245 e. The number of sulfonamides is 1. The zero-order valence-electron chi connectivity index (χ0n) is 18.1. The van der Waals surface area contributed by atoms with Crippen LogP contribution in [0.5, 0.6) is 5.75 Å². The Balaban J connectivity index is 1.76. The Morgan fingerprint density at radius 3 is 2.62 bits per heavy atom. The van der Waals surface area contributed by atoms with Gasteiger partial charge in [-0.1, -0.05) is 53.6 Å². The van der Waals surface area contributed by atoms with Crippen molar-refractivity contribution in [3.63, 3.8) is 0 Å². The highest BCUT2D eigenvalue weighted by molar-refractivity contribution is 7.89. The predicted molar refractivity (Wildman–Crippen MR) is 126 cm³/mol. The number of nitrogens with one attached hydrogen (secondary N) is 2. The average molecular weight is 477 g/mol. The van der Waals surface area contributed by atoms with Gasteiger partial charge in [0.05, 0.1) is 7.11 Å². The van der Waals surface area contributed by atoms with Gasteiger partial charge in [-0.3, -0.25) is 4.79 Å². The molecule has 0 fully saturated rings. The van der Waals surface area contributed by atoms with Crippen molar-refractivity contribution in [2.75, 3.05) is 13.7 Å². The molecule has 1 atom stereocenters. The molecule has 0 radical (unpaired) electrons. The van der Waals surface area contributed by atoms with E-state index in [1.54, 1.807) is 6.07 Å². The molecular weight excluding hydrogens is 448 g/mol. The molecule has 32 heavy (non-hydrogen) atoms. The number of halogens is 1. The molecule has 1 aliphatic rings. The Labute approximate surface area is 195 Å². The minimum absolute atomic E-state index is 0.106. The van der Waals surface area contributed by atoms with E-state index in [0.717, 1.165) is 24.8 Å². The number of amides is 1. The van der Waals surface area contributed by atoms with Gasteiger partial charge in [-0.25, -0.2) is 8.42 Å². The molecule has 1 amide bonds. The molecular formula is C24H29ClN2O4S. The molecule has 2 aromatic carbocycles. The van der Waals surface area contributed by atoms with Crippen molar-refractivity contribution in [2.24, 2.45) is 0 Å². The van der Waals surface area contributed by atoms with E-state index in [0.29, 0.717) is 6.54 Å². The van der Waals surface area contributed by atoms with E-state index in [2.05, 4.69) is 16.1 Å². The summed E-state index contributed by atoms with van der Waals surface area (Å²) in [5, 5.41) is 3.16. The summed E-state index contributed by atoms with van der Waals surface area (Å²) >= 11 is 6.02. The van der Waals surface area contributed by atoms with Gasteiger partial charge < -0.3 is 10.1 Å². The lowest BCUT2D eigenvalue weighted by molar-refractivity contribution is -0.122. The molecule has 2 N–H and O–H groups in total. The fraction of sp³-hybridized carbons (Fsp3) is 0.375. The molecule has 0 spiro atoms. The summed E-state index contributed by atoms with van der Waals surface area (Å²) in [4.78, 5) is 12.9. The molecule has 0 aromatic heterocycles. The predicted octanol–water partition coefficient (Wildman–Crippen LogP) is 4.24. The molecule has 0 unspecified atom stereocenters. The van der Waals surface area contributed by atoms with Crippen molar-refractivity contribution in [1.29, 1.82) is 0 Å². The summed E-state index contributed by atoms with van der Waals surface area (Å²) < 4.78 is 34.1. The van der Waals surface area contributed by atoms with E-state index in [9.17, 15) is 13.2 Å². The lowest BCUT2D eigenvalue weighted by Gasteiger charge is -2.20. The van der Waals surface area contributed by atoms with Gasteiger partial charge in [-0.05, 0) is 62.3 Å². The Morgan fingerprint density at radius 2 is 1.94 bits per heavy atom. The summed E-state index contributed by atoms with van der Waals surface area (Å²) in [6.07, 6.45) is 7.77. The SMILES string of the molecule is COc1ccc(Cl)cc1S(=O)(=O)N[C@@H](Cc1ccccc1)C(=O)NCCC1=CCCCC1. The van der Waals surface area contributed by atoms with Crippen molar-refractivity contribution >= 4 is 27.5 Å². The number of hydrogen-bond donors (Lipinski definition) is 2. The highest BCUT2D eigenvalue weighted by Crippen LogP contribution is 2.27. The lowest BCUT2D eigenvalue weighted by atomic mass is 9.97. The molecule has 0 bridgehead atoms. The Morgan fingerprint density at radius 1 is 1.16 bits per heavy atom. The fourth-order valence-electron chi connectivity index (χ4n) is 3.75. The first kappa shape index (κ1) is 24.3. The van der Waals surface area contributed by atoms with E-state index in [-0.39, 0.29) is 28.0 Å². The van der Waals surface area contributed by atoms with Crippen LogP contribution >= 0.6 is 11.6 Å². The number of methoxy groups -OCH3 is 1. The van der Waals surface area contributed by atoms with Crippen LogP contribution in [0.15, 0.2) is 65.1 Å². The molecule has 0 saturated carbocycles. The van der Waals surface area contributed by atoms with Crippen molar-refractivity contribution in [3.8, 4) is 5.75 Å². The molecule has 172 valence electrons. The number of allylic oxidation sites excluding steroid dienone is 1. The second kappa shape index (κ2) is 11.5. The van der Waals surface area contributed by atoms with Gasteiger partial charge in [-0.15, -0.1) is 0 Å². The minimum Gasteiger partial charge on any atom is -0.495 e. The number of ether oxygens (including phenoxy) is 1. The number of carbonyl (C=O) groups is 1. The van der Waals surface area contributed by atoms with Crippen LogP contribution in [-0.4, -0.2) is 34.0 Å². The fourth-order valence-corrected chi connectivity index (χ4v) is 5.38. The molecule has 8 heteroatoms. The van der Waals surface area contributed by atoms with Crippen LogP contribution in [0.4, 0.5) is 0 Å². The third-order valence-corrected chi connectivity index (χ3v) is 7.17. The summed E-state index contributed by atoms with van der Waals surface area (Å²) in [7, 11) is -2.68. The van der Waals surface area contributed by atoms with Crippen LogP contribution in [0.2, 0.25) is 5.02 Å². The molecule has 2 aromatic rings. The van der Waals surface area contributed by atoms with E-state index >= 15 is 0 Å². The van der Waals surface area contributed by atoms with E-state index in [4.69, 9.17) is 16.3 Å². The first-order chi connectivity index (χ1) is 15.4. The zero-order chi connectivity index (χ0) is 23.0. The van der Waals surface area contributed by atoms with Gasteiger partial charge in [0.25, 0.3) is 0 Å². The van der Waals surface area contributed by atoms with Crippen LogP contribution in [0.1, 0.15) is 37.7 Å². The third kappa shape index (κ3) is 6.82. The maximum atomic E-state index is 13.2. The monoisotopic (exact) mass is 476 g/mol. The number of carbonyl (C=O) groups excluding carboxylic acids is 1. The Hall–Kier alpha value is -2.35. The van der Waals surface area contributed by atoms with Crippen molar-refractivity contribution in [1.82, 2.24) is 10.0 Å². The number of benzene rings is 2. The Kier molecular flexibility index (Phi) is 8.73. The first-order valence-electron chi connectivity index (χ1n) is 10.7. The average Bonchev–Trinajstić information content (AvgIpc) is 2.80. The number of rotatable bonds is 10. The molecule has 0 saturated heterocycles. The van der Waals surface area contributed by atoms with Crippen molar-refractivity contribution in [2.45, 2.75) is 49.5 Å². The molecule has 0 heterocycles. The van der Waals surface area contributed by atoms with E-state index in [1.165, 1.54) is 37.7 Å². The largest absolute Gasteiger partial charge is 0.495 e. The van der Waals surface area contributed by atoms with Gasteiger partial charge in [-0.2, -0.15) is 4.72 Å². The molecule has 6 nitrogen and oxygen atoms in total. The van der Waals surface area contributed by atoms with Crippen molar-refractivity contribution < 1.29 is 17.9 Å². The van der Waals surface area contributed by atoms with Crippen molar-refractivity contribution in [3.05, 3.63) is 70.8 Å². The molecule has 0 aliphatic heterocycles. The van der Waals surface area contributed by atoms with Gasteiger partial charge in [0.1, 0.15) is 16.7 Å². The standard InChI is InChI=1S/C24H29ClN2O4S/c1-31-22-13-12-20(25)17-23(22)32(29,30)27-21(16-19-10-6-3-7-11-19)24(28)26-15-14-18-8-4-2-5-9-18/h3,6-8,10-13,17,21,27H,2,4-5,9,14-16H2,1H3,(H,26,28)/t21-/m0/s1. The highest BCUT2D eigenvalue weighted by atomic mass is 35.5. The first-order valence-corrected chi connectivity index (χ1v) is 12.6. The van der Waals surface area contributed by atoms with Gasteiger partial charge >= 0.3 is 0 Å². The van der Waals surface area contributed by atoms with Crippen LogP contribution in [0.3, 0.4) is 0 Å². The summed E-state index contributed by atoms with van der Waals surface area (Å²) in [5.41, 5.74) is 2.20. The highest BCUT2D eigenvalue weighted by Gasteiger charge is 2.28. The second-order valence-corrected chi connectivity index (χ2v) is 9.93. The molecule has 1 aliphatic carbocycles. The summed E-state index contributed by atoms with van der Waals surface area (Å²) in [5.74, 6) is -0.208. The maximum absolute atomic E-state index is 13.2. The zero-order valence-corrected chi connectivity index (χ0v) is 19.7. The van der Waals surface area contributed by atoms with Crippen LogP contribution < -0.4 is 14.8 Å². The van der Waals surface area contributed by atoms with Crippen LogP contribution in [0.25, 0.3) is 0 Å². The van der Waals surface area contributed by atoms with Crippen LogP contribution in [-0.2, 0) is 21.2 Å². The second-order valence-electron chi connectivity index (χ2n) is 7.81. The van der Waals surface area contributed by atoms with Crippen LogP contribution in [0, 0.1) is 0 Å². The maximum Gasteiger partial charge on any atom is 0.245 e. The minimum atomic E-state index is -4.07. The van der Waals surface area contributed by atoms with E-state index in [1.807, 2.05) is 30.3 Å². The number of hydrogen-bond acceptors (Lipinski definition) is 4. The third-order valence-electron chi connectivity index (χ3n) is 5.44. The van der Waals surface area contributed by atoms with Gasteiger partial charge in [0.15, 0.2) is 0 Å². The normalized spacial score (nSPS) is 15.0. The molecule has 3 rings (SSSR count). The quantitative estimate of drug-likeness (QED) is 0.502. The van der Waals surface area contributed by atoms with Gasteiger partial charge in [0, 0.05) is 11.6 Å². The summed E-state index contributed by atoms with van der Waals surface area (Å²) in [6, 6.07) is 12.7.